The average Bonchev–Trinajstić information content (AvgIpc) is 2.24. The van der Waals surface area contributed by atoms with E-state index in [1.54, 1.807) is 0 Å². The first-order valence-electron chi connectivity index (χ1n) is 6.57. The maximum Gasteiger partial charge on any atom is 0.0713 e. The Labute approximate surface area is 117 Å². The SMILES string of the molecule is Cc1cc(C(C)(C)C)ccc1C(C)(C)CNCCl. The third-order valence-electron chi connectivity index (χ3n) is 3.48. The highest BCUT2D eigenvalue weighted by Crippen LogP contribution is 2.30. The second-order valence-electron chi connectivity index (χ2n) is 6.72. The van der Waals surface area contributed by atoms with Gasteiger partial charge in [-0.25, -0.2) is 0 Å². The summed E-state index contributed by atoms with van der Waals surface area (Å²) < 4.78 is 0. The lowest BCUT2D eigenvalue weighted by atomic mass is 9.78. The van der Waals surface area contributed by atoms with E-state index in [0.717, 1.165) is 6.54 Å². The van der Waals surface area contributed by atoms with Gasteiger partial charge in [0.2, 0.25) is 0 Å². The molecule has 0 fully saturated rings. The molecule has 0 unspecified atom stereocenters. The molecule has 0 aliphatic carbocycles. The Bertz CT molecular complexity index is 402. The average molecular weight is 268 g/mol. The maximum absolute atomic E-state index is 5.71. The van der Waals surface area contributed by atoms with Crippen molar-refractivity contribution in [3.8, 4) is 0 Å². The molecular formula is C16H26ClN. The van der Waals surface area contributed by atoms with Gasteiger partial charge in [-0.1, -0.05) is 52.8 Å². The number of halogens is 1. The molecule has 2 heteroatoms. The molecule has 0 aliphatic heterocycles. The highest BCUT2D eigenvalue weighted by atomic mass is 35.5. The largest absolute Gasteiger partial charge is 0.303 e. The smallest absolute Gasteiger partial charge is 0.0713 e. The zero-order valence-corrected chi connectivity index (χ0v) is 13.3. The third-order valence-corrected chi connectivity index (χ3v) is 3.67. The number of hydrogen-bond acceptors (Lipinski definition) is 1. The molecule has 0 aromatic heterocycles. The maximum atomic E-state index is 5.71. The van der Waals surface area contributed by atoms with Crippen LogP contribution in [0.5, 0.6) is 0 Å². The fourth-order valence-electron chi connectivity index (χ4n) is 2.34. The molecule has 0 heterocycles. The van der Waals surface area contributed by atoms with Crippen LogP contribution in [-0.2, 0) is 10.8 Å². The summed E-state index contributed by atoms with van der Waals surface area (Å²) in [6, 6.07) is 7.34. The summed E-state index contributed by atoms with van der Waals surface area (Å²) in [5.41, 5.74) is 4.47. The zero-order valence-electron chi connectivity index (χ0n) is 12.5. The molecule has 1 nitrogen and oxygen atoms in total. The van der Waals surface area contributed by atoms with E-state index in [4.69, 9.17) is 11.6 Å². The molecule has 1 rings (SSSR count). The number of benzene rings is 1. The van der Waals surface area contributed by atoms with E-state index in [1.165, 1.54) is 16.7 Å². The van der Waals surface area contributed by atoms with Gasteiger partial charge in [-0.2, -0.15) is 0 Å². The van der Waals surface area contributed by atoms with Crippen LogP contribution in [0, 0.1) is 6.92 Å². The van der Waals surface area contributed by atoms with Gasteiger partial charge in [-0.3, -0.25) is 0 Å². The van der Waals surface area contributed by atoms with Gasteiger partial charge < -0.3 is 5.32 Å². The summed E-state index contributed by atoms with van der Waals surface area (Å²) in [5, 5.41) is 3.22. The second-order valence-corrected chi connectivity index (χ2v) is 6.99. The molecule has 0 radical (unpaired) electrons. The van der Waals surface area contributed by atoms with Crippen LogP contribution in [0.1, 0.15) is 51.3 Å². The Hall–Kier alpha value is -0.530. The topological polar surface area (TPSA) is 12.0 Å². The van der Waals surface area contributed by atoms with Crippen LogP contribution >= 0.6 is 11.6 Å². The van der Waals surface area contributed by atoms with Crippen LogP contribution in [0.15, 0.2) is 18.2 Å². The lowest BCUT2D eigenvalue weighted by Crippen LogP contribution is -2.33. The monoisotopic (exact) mass is 267 g/mol. The molecule has 0 spiro atoms. The van der Waals surface area contributed by atoms with E-state index in [0.29, 0.717) is 6.00 Å². The van der Waals surface area contributed by atoms with Gasteiger partial charge in [0.05, 0.1) is 6.00 Å². The van der Waals surface area contributed by atoms with E-state index < -0.39 is 0 Å². The van der Waals surface area contributed by atoms with Crippen molar-refractivity contribution >= 4 is 11.6 Å². The van der Waals surface area contributed by atoms with E-state index in [2.05, 4.69) is 65.1 Å². The van der Waals surface area contributed by atoms with E-state index in [9.17, 15) is 0 Å². The van der Waals surface area contributed by atoms with Crippen LogP contribution in [0.2, 0.25) is 0 Å². The Morgan fingerprint density at radius 1 is 1.11 bits per heavy atom. The molecule has 1 N–H and O–H groups in total. The Morgan fingerprint density at radius 2 is 1.72 bits per heavy atom. The summed E-state index contributed by atoms with van der Waals surface area (Å²) in [6.45, 7) is 14.4. The van der Waals surface area contributed by atoms with Gasteiger partial charge in [0.1, 0.15) is 0 Å². The minimum atomic E-state index is 0.107. The van der Waals surface area contributed by atoms with Crippen molar-refractivity contribution in [2.45, 2.75) is 52.4 Å². The second kappa shape index (κ2) is 5.63. The van der Waals surface area contributed by atoms with Crippen molar-refractivity contribution in [2.24, 2.45) is 0 Å². The van der Waals surface area contributed by atoms with Crippen molar-refractivity contribution in [2.75, 3.05) is 12.5 Å². The normalized spacial score (nSPS) is 12.8. The van der Waals surface area contributed by atoms with Crippen molar-refractivity contribution in [3.05, 3.63) is 34.9 Å². The Morgan fingerprint density at radius 3 is 2.17 bits per heavy atom. The van der Waals surface area contributed by atoms with Gasteiger partial charge in [-0.15, -0.1) is 11.6 Å². The Balaban J connectivity index is 3.05. The van der Waals surface area contributed by atoms with Gasteiger partial charge in [0.25, 0.3) is 0 Å². The highest BCUT2D eigenvalue weighted by Gasteiger charge is 2.23. The summed E-state index contributed by atoms with van der Waals surface area (Å²) in [5.74, 6) is 0. The molecule has 0 saturated heterocycles. The number of nitrogens with one attached hydrogen (secondary N) is 1. The quantitative estimate of drug-likeness (QED) is 0.632. The zero-order chi connectivity index (χ0) is 14.0. The fourth-order valence-corrected chi connectivity index (χ4v) is 2.44. The number of hydrogen-bond donors (Lipinski definition) is 1. The lowest BCUT2D eigenvalue weighted by Gasteiger charge is -2.29. The molecule has 0 amide bonds. The van der Waals surface area contributed by atoms with Crippen molar-refractivity contribution in [3.63, 3.8) is 0 Å². The van der Waals surface area contributed by atoms with Crippen molar-refractivity contribution in [1.82, 2.24) is 5.32 Å². The van der Waals surface area contributed by atoms with Gasteiger partial charge in [0.15, 0.2) is 0 Å². The van der Waals surface area contributed by atoms with Gasteiger partial charge >= 0.3 is 0 Å². The third kappa shape index (κ3) is 3.73. The van der Waals surface area contributed by atoms with E-state index in [-0.39, 0.29) is 10.8 Å². The fraction of sp³-hybridized carbons (Fsp3) is 0.625. The standard InChI is InChI=1S/C16H26ClN/c1-12-9-13(15(2,3)4)7-8-14(12)16(5,6)10-18-11-17/h7-9,18H,10-11H2,1-6H3. The summed E-state index contributed by atoms with van der Waals surface area (Å²) in [7, 11) is 0. The first-order valence-corrected chi connectivity index (χ1v) is 7.10. The summed E-state index contributed by atoms with van der Waals surface area (Å²) in [4.78, 5) is 0. The molecule has 0 bridgehead atoms. The first kappa shape index (κ1) is 15.5. The summed E-state index contributed by atoms with van der Waals surface area (Å²) in [6.07, 6.45) is 0. The molecular weight excluding hydrogens is 242 g/mol. The van der Waals surface area contributed by atoms with Gasteiger partial charge in [-0.05, 0) is 29.0 Å². The van der Waals surface area contributed by atoms with Crippen LogP contribution in [-0.4, -0.2) is 12.5 Å². The lowest BCUT2D eigenvalue weighted by molar-refractivity contribution is 0.485. The number of alkyl halides is 1. The van der Waals surface area contributed by atoms with Crippen LogP contribution in [0.25, 0.3) is 0 Å². The molecule has 102 valence electrons. The number of aryl methyl sites for hydroxylation is 1. The van der Waals surface area contributed by atoms with E-state index >= 15 is 0 Å². The minimum Gasteiger partial charge on any atom is -0.303 e. The molecule has 0 atom stereocenters. The number of rotatable bonds is 4. The molecule has 1 aromatic rings. The predicted octanol–water partition coefficient (Wildman–Crippen LogP) is 4.36. The van der Waals surface area contributed by atoms with Gasteiger partial charge in [0, 0.05) is 12.0 Å². The molecule has 18 heavy (non-hydrogen) atoms. The van der Waals surface area contributed by atoms with Crippen molar-refractivity contribution < 1.29 is 0 Å². The van der Waals surface area contributed by atoms with Crippen LogP contribution in [0.4, 0.5) is 0 Å². The van der Waals surface area contributed by atoms with Crippen LogP contribution in [0.3, 0.4) is 0 Å². The molecule has 0 saturated carbocycles. The minimum absolute atomic E-state index is 0.107. The Kier molecular flexibility index (Phi) is 4.85. The van der Waals surface area contributed by atoms with Crippen LogP contribution < -0.4 is 5.32 Å². The highest BCUT2D eigenvalue weighted by molar-refractivity contribution is 6.17. The molecule has 1 aromatic carbocycles. The first-order chi connectivity index (χ1) is 8.18. The van der Waals surface area contributed by atoms with Crippen molar-refractivity contribution in [1.29, 1.82) is 0 Å². The molecule has 0 aliphatic rings. The van der Waals surface area contributed by atoms with E-state index in [1.807, 2.05) is 0 Å². The predicted molar refractivity (Wildman–Crippen MR) is 81.6 cm³/mol. The summed E-state index contributed by atoms with van der Waals surface area (Å²) >= 11 is 5.71.